The smallest absolute Gasteiger partial charge is 0.240 e. The summed E-state index contributed by atoms with van der Waals surface area (Å²) in [6.07, 6.45) is 0.891. The molecule has 0 radical (unpaired) electrons. The molecule has 0 aromatic heterocycles. The third-order valence-electron chi connectivity index (χ3n) is 2.52. The van der Waals surface area contributed by atoms with Crippen molar-refractivity contribution in [3.8, 4) is 5.75 Å². The fraction of sp³-hybridized carbons (Fsp3) is 0.500. The van der Waals surface area contributed by atoms with Crippen molar-refractivity contribution in [2.75, 3.05) is 19.4 Å². The summed E-state index contributed by atoms with van der Waals surface area (Å²) in [5.74, 6) is 0.933. The van der Waals surface area contributed by atoms with Crippen LogP contribution in [0.2, 0.25) is 0 Å². The highest BCUT2D eigenvalue weighted by Crippen LogP contribution is 2.25. The molecule has 1 rings (SSSR count). The molecule has 0 aliphatic carbocycles. The van der Waals surface area contributed by atoms with Crippen LogP contribution >= 0.6 is 0 Å². The van der Waals surface area contributed by atoms with Crippen molar-refractivity contribution >= 4 is 15.7 Å². The zero-order valence-electron chi connectivity index (χ0n) is 10.9. The standard InChI is InChI=1S/C12H20N2O3S/c1-9(2)6-7-17-12-8-10(4-5-11(12)13)18(15,16)14-3/h4-5,8-9,14H,6-7,13H2,1-3H3. The molecule has 1 aromatic rings. The minimum Gasteiger partial charge on any atom is -0.491 e. The number of rotatable bonds is 6. The van der Waals surface area contributed by atoms with Gasteiger partial charge in [0.25, 0.3) is 0 Å². The normalized spacial score (nSPS) is 11.8. The van der Waals surface area contributed by atoms with Gasteiger partial charge in [-0.05, 0) is 31.5 Å². The molecule has 5 nitrogen and oxygen atoms in total. The molecule has 1 aromatic carbocycles. The summed E-state index contributed by atoms with van der Waals surface area (Å²) in [5, 5.41) is 0. The van der Waals surface area contributed by atoms with Gasteiger partial charge in [0.05, 0.1) is 17.2 Å². The van der Waals surface area contributed by atoms with Crippen LogP contribution in [0.1, 0.15) is 20.3 Å². The molecular formula is C12H20N2O3S. The van der Waals surface area contributed by atoms with Crippen molar-refractivity contribution in [1.29, 1.82) is 0 Å². The summed E-state index contributed by atoms with van der Waals surface area (Å²) >= 11 is 0. The minimum atomic E-state index is -3.46. The largest absolute Gasteiger partial charge is 0.491 e. The van der Waals surface area contributed by atoms with Crippen LogP contribution in [0.3, 0.4) is 0 Å². The molecule has 0 saturated carbocycles. The molecule has 0 aliphatic heterocycles. The second kappa shape index (κ2) is 6.06. The molecular weight excluding hydrogens is 252 g/mol. The summed E-state index contributed by atoms with van der Waals surface area (Å²) in [5.41, 5.74) is 6.19. The van der Waals surface area contributed by atoms with Gasteiger partial charge in [-0.3, -0.25) is 0 Å². The second-order valence-electron chi connectivity index (χ2n) is 4.44. The van der Waals surface area contributed by atoms with Crippen LogP contribution in [0.4, 0.5) is 5.69 Å². The Balaban J connectivity index is 2.88. The first-order valence-electron chi connectivity index (χ1n) is 5.82. The Bertz CT molecular complexity index is 498. The fourth-order valence-corrected chi connectivity index (χ4v) is 2.07. The minimum absolute atomic E-state index is 0.152. The number of sulfonamides is 1. The first kappa shape index (κ1) is 14.8. The molecule has 0 bridgehead atoms. The van der Waals surface area contributed by atoms with Crippen molar-refractivity contribution in [2.45, 2.75) is 25.2 Å². The van der Waals surface area contributed by atoms with E-state index in [1.54, 1.807) is 0 Å². The Morgan fingerprint density at radius 2 is 2.06 bits per heavy atom. The number of hydrogen-bond donors (Lipinski definition) is 2. The van der Waals surface area contributed by atoms with Crippen LogP contribution in [-0.4, -0.2) is 22.1 Å². The number of nitrogens with two attached hydrogens (primary N) is 1. The maximum Gasteiger partial charge on any atom is 0.240 e. The maximum atomic E-state index is 11.6. The van der Waals surface area contributed by atoms with Gasteiger partial charge in [0.2, 0.25) is 10.0 Å². The Morgan fingerprint density at radius 3 is 2.61 bits per heavy atom. The number of nitrogen functional groups attached to an aromatic ring is 1. The number of hydrogen-bond acceptors (Lipinski definition) is 4. The molecule has 3 N–H and O–H groups in total. The van der Waals surface area contributed by atoms with Gasteiger partial charge in [-0.1, -0.05) is 13.8 Å². The summed E-state index contributed by atoms with van der Waals surface area (Å²) in [6, 6.07) is 4.44. The van der Waals surface area contributed by atoms with E-state index in [0.29, 0.717) is 24.0 Å². The maximum absolute atomic E-state index is 11.6. The molecule has 0 atom stereocenters. The van der Waals surface area contributed by atoms with Crippen LogP contribution in [0.15, 0.2) is 23.1 Å². The Hall–Kier alpha value is -1.27. The van der Waals surface area contributed by atoms with E-state index in [2.05, 4.69) is 18.6 Å². The molecule has 0 amide bonds. The van der Waals surface area contributed by atoms with Crippen molar-refractivity contribution in [2.24, 2.45) is 5.92 Å². The molecule has 102 valence electrons. The van der Waals surface area contributed by atoms with Crippen LogP contribution in [-0.2, 0) is 10.0 Å². The van der Waals surface area contributed by atoms with Gasteiger partial charge in [0.1, 0.15) is 5.75 Å². The zero-order chi connectivity index (χ0) is 13.8. The quantitative estimate of drug-likeness (QED) is 0.771. The summed E-state index contributed by atoms with van der Waals surface area (Å²) in [6.45, 7) is 4.70. The van der Waals surface area contributed by atoms with Crippen LogP contribution in [0, 0.1) is 5.92 Å². The molecule has 0 fully saturated rings. The van der Waals surface area contributed by atoms with E-state index in [9.17, 15) is 8.42 Å². The first-order chi connectivity index (χ1) is 8.36. The molecule has 0 aliphatic rings. The van der Waals surface area contributed by atoms with Crippen LogP contribution in [0.25, 0.3) is 0 Å². The van der Waals surface area contributed by atoms with Gasteiger partial charge in [0.15, 0.2) is 0 Å². The fourth-order valence-electron chi connectivity index (χ4n) is 1.33. The number of nitrogens with one attached hydrogen (secondary N) is 1. The molecule has 0 spiro atoms. The molecule has 0 unspecified atom stereocenters. The Kier molecular flexibility index (Phi) is 4.98. The lowest BCUT2D eigenvalue weighted by molar-refractivity contribution is 0.290. The summed E-state index contributed by atoms with van der Waals surface area (Å²) < 4.78 is 31.0. The van der Waals surface area contributed by atoms with Crippen molar-refractivity contribution < 1.29 is 13.2 Å². The predicted octanol–water partition coefficient (Wildman–Crippen LogP) is 1.60. The Labute approximate surface area is 108 Å². The average molecular weight is 272 g/mol. The number of ether oxygens (including phenoxy) is 1. The number of benzene rings is 1. The van der Waals surface area contributed by atoms with Gasteiger partial charge in [-0.2, -0.15) is 0 Å². The predicted molar refractivity (Wildman–Crippen MR) is 72.0 cm³/mol. The monoisotopic (exact) mass is 272 g/mol. The van der Waals surface area contributed by atoms with Crippen molar-refractivity contribution in [3.05, 3.63) is 18.2 Å². The van der Waals surface area contributed by atoms with Crippen LogP contribution < -0.4 is 15.2 Å². The highest BCUT2D eigenvalue weighted by Gasteiger charge is 2.13. The van der Waals surface area contributed by atoms with E-state index in [-0.39, 0.29) is 4.90 Å². The second-order valence-corrected chi connectivity index (χ2v) is 6.32. The molecule has 0 heterocycles. The number of anilines is 1. The van der Waals surface area contributed by atoms with Gasteiger partial charge < -0.3 is 10.5 Å². The van der Waals surface area contributed by atoms with E-state index in [4.69, 9.17) is 10.5 Å². The summed E-state index contributed by atoms with van der Waals surface area (Å²) in [7, 11) is -2.10. The lowest BCUT2D eigenvalue weighted by Gasteiger charge is -2.12. The Morgan fingerprint density at radius 1 is 1.39 bits per heavy atom. The van der Waals surface area contributed by atoms with Gasteiger partial charge in [0, 0.05) is 6.07 Å². The van der Waals surface area contributed by atoms with E-state index >= 15 is 0 Å². The van der Waals surface area contributed by atoms with Crippen LogP contribution in [0.5, 0.6) is 5.75 Å². The van der Waals surface area contributed by atoms with E-state index in [1.165, 1.54) is 25.2 Å². The van der Waals surface area contributed by atoms with Crippen molar-refractivity contribution in [1.82, 2.24) is 4.72 Å². The third-order valence-corrected chi connectivity index (χ3v) is 3.93. The molecule has 0 saturated heterocycles. The van der Waals surface area contributed by atoms with E-state index in [0.717, 1.165) is 6.42 Å². The highest BCUT2D eigenvalue weighted by molar-refractivity contribution is 7.89. The lowest BCUT2D eigenvalue weighted by Crippen LogP contribution is -2.18. The van der Waals surface area contributed by atoms with E-state index < -0.39 is 10.0 Å². The SMILES string of the molecule is CNS(=O)(=O)c1ccc(N)c(OCCC(C)C)c1. The third kappa shape index (κ3) is 3.89. The lowest BCUT2D eigenvalue weighted by atomic mass is 10.1. The topological polar surface area (TPSA) is 81.4 Å². The highest BCUT2D eigenvalue weighted by atomic mass is 32.2. The van der Waals surface area contributed by atoms with Crippen molar-refractivity contribution in [3.63, 3.8) is 0 Å². The van der Waals surface area contributed by atoms with Gasteiger partial charge >= 0.3 is 0 Å². The average Bonchev–Trinajstić information content (AvgIpc) is 2.31. The van der Waals surface area contributed by atoms with Gasteiger partial charge in [-0.15, -0.1) is 0 Å². The first-order valence-corrected chi connectivity index (χ1v) is 7.31. The molecule has 6 heteroatoms. The summed E-state index contributed by atoms with van der Waals surface area (Å²) in [4.78, 5) is 0.152. The van der Waals surface area contributed by atoms with E-state index in [1.807, 2.05) is 0 Å². The van der Waals surface area contributed by atoms with Gasteiger partial charge in [-0.25, -0.2) is 13.1 Å². The molecule has 18 heavy (non-hydrogen) atoms. The zero-order valence-corrected chi connectivity index (χ0v) is 11.8.